The van der Waals surface area contributed by atoms with Gasteiger partial charge in [-0.2, -0.15) is 13.8 Å². The number of halogens is 2. The van der Waals surface area contributed by atoms with Crippen molar-refractivity contribution < 1.29 is 22.5 Å². The van der Waals surface area contributed by atoms with Crippen LogP contribution in [0.4, 0.5) is 8.78 Å². The van der Waals surface area contributed by atoms with Crippen molar-refractivity contribution in [3.8, 4) is 28.6 Å². The fourth-order valence-corrected chi connectivity index (χ4v) is 2.91. The van der Waals surface area contributed by atoms with Gasteiger partial charge in [-0.05, 0) is 24.3 Å². The molecule has 142 valence electrons. The Morgan fingerprint density at radius 1 is 0.964 bits per heavy atom. The van der Waals surface area contributed by atoms with Gasteiger partial charge in [0.25, 0.3) is 5.22 Å². The third-order valence-electron chi connectivity index (χ3n) is 3.55. The van der Waals surface area contributed by atoms with E-state index in [4.69, 9.17) is 8.94 Å². The molecule has 0 aliphatic heterocycles. The molecule has 28 heavy (non-hydrogen) atoms. The van der Waals surface area contributed by atoms with E-state index in [1.165, 1.54) is 23.9 Å². The van der Waals surface area contributed by atoms with Crippen molar-refractivity contribution in [2.24, 2.45) is 0 Å². The molecular formula is C18H12F2N4O3S. The SMILES string of the molecule is FC(F)Oc1ccc(-c2nnc(SCc3nc(-c4ccccc4)no3)o2)cc1. The summed E-state index contributed by atoms with van der Waals surface area (Å²) in [5, 5.41) is 12.2. The van der Waals surface area contributed by atoms with Gasteiger partial charge in [0.15, 0.2) is 0 Å². The van der Waals surface area contributed by atoms with Gasteiger partial charge in [0.1, 0.15) is 5.75 Å². The maximum Gasteiger partial charge on any atom is 0.387 e. The van der Waals surface area contributed by atoms with E-state index in [1.54, 1.807) is 12.1 Å². The number of alkyl halides is 2. The van der Waals surface area contributed by atoms with Crippen LogP contribution in [0, 0.1) is 0 Å². The van der Waals surface area contributed by atoms with Crippen LogP contribution in [0.15, 0.2) is 68.8 Å². The number of hydrogen-bond donors (Lipinski definition) is 0. The summed E-state index contributed by atoms with van der Waals surface area (Å²) in [5.74, 6) is 1.62. The van der Waals surface area contributed by atoms with Crippen LogP contribution in [-0.2, 0) is 5.75 Å². The largest absolute Gasteiger partial charge is 0.435 e. The van der Waals surface area contributed by atoms with Crippen LogP contribution in [0.25, 0.3) is 22.8 Å². The van der Waals surface area contributed by atoms with E-state index in [9.17, 15) is 8.78 Å². The smallest absolute Gasteiger partial charge is 0.387 e. The lowest BCUT2D eigenvalue weighted by molar-refractivity contribution is -0.0498. The van der Waals surface area contributed by atoms with E-state index >= 15 is 0 Å². The lowest BCUT2D eigenvalue weighted by atomic mass is 10.2. The molecule has 0 aliphatic rings. The van der Waals surface area contributed by atoms with Gasteiger partial charge in [0.2, 0.25) is 17.6 Å². The second kappa shape index (κ2) is 8.17. The van der Waals surface area contributed by atoms with Gasteiger partial charge < -0.3 is 13.7 Å². The Labute approximate surface area is 161 Å². The van der Waals surface area contributed by atoms with Crippen molar-refractivity contribution in [2.75, 3.05) is 0 Å². The molecule has 0 spiro atoms. The molecule has 0 aliphatic carbocycles. The highest BCUT2D eigenvalue weighted by molar-refractivity contribution is 7.98. The Morgan fingerprint density at radius 2 is 1.75 bits per heavy atom. The molecule has 2 aromatic heterocycles. The molecule has 0 radical (unpaired) electrons. The average Bonchev–Trinajstić information content (AvgIpc) is 3.37. The monoisotopic (exact) mass is 402 g/mol. The van der Waals surface area contributed by atoms with Crippen LogP contribution in [0.1, 0.15) is 5.89 Å². The number of aromatic nitrogens is 4. The summed E-state index contributed by atoms with van der Waals surface area (Å²) in [6.45, 7) is -2.87. The Bertz CT molecular complexity index is 1040. The van der Waals surface area contributed by atoms with Crippen LogP contribution >= 0.6 is 11.8 Å². The quantitative estimate of drug-likeness (QED) is 0.412. The predicted octanol–water partition coefficient (Wildman–Crippen LogP) is 4.68. The van der Waals surface area contributed by atoms with Gasteiger partial charge in [-0.1, -0.05) is 47.3 Å². The van der Waals surface area contributed by atoms with E-state index in [-0.39, 0.29) is 11.6 Å². The topological polar surface area (TPSA) is 87.1 Å². The molecule has 4 aromatic rings. The highest BCUT2D eigenvalue weighted by atomic mass is 32.2. The molecular weight excluding hydrogens is 390 g/mol. The van der Waals surface area contributed by atoms with Crippen LogP contribution in [0.2, 0.25) is 0 Å². The van der Waals surface area contributed by atoms with Gasteiger partial charge >= 0.3 is 6.61 Å². The lowest BCUT2D eigenvalue weighted by Gasteiger charge is -2.03. The first-order valence-corrected chi connectivity index (χ1v) is 9.05. The molecule has 0 N–H and O–H groups in total. The first-order chi connectivity index (χ1) is 13.7. The summed E-state index contributed by atoms with van der Waals surface area (Å²) < 4.78 is 39.5. The Kier molecular flexibility index (Phi) is 5.29. The van der Waals surface area contributed by atoms with Crippen molar-refractivity contribution >= 4 is 11.8 Å². The molecule has 0 saturated heterocycles. The number of hydrogen-bond acceptors (Lipinski definition) is 8. The second-order valence-electron chi connectivity index (χ2n) is 5.44. The molecule has 2 heterocycles. The molecule has 0 atom stereocenters. The van der Waals surface area contributed by atoms with Crippen molar-refractivity contribution in [2.45, 2.75) is 17.6 Å². The molecule has 0 saturated carbocycles. The summed E-state index contributed by atoms with van der Waals surface area (Å²) in [5.41, 5.74) is 1.45. The fraction of sp³-hybridized carbons (Fsp3) is 0.111. The summed E-state index contributed by atoms with van der Waals surface area (Å²) >= 11 is 1.25. The lowest BCUT2D eigenvalue weighted by Crippen LogP contribution is -2.01. The van der Waals surface area contributed by atoms with E-state index in [1.807, 2.05) is 30.3 Å². The summed E-state index contributed by atoms with van der Waals surface area (Å²) in [7, 11) is 0. The molecule has 0 fully saturated rings. The normalized spacial score (nSPS) is 11.1. The maximum atomic E-state index is 12.2. The molecule has 0 bridgehead atoms. The van der Waals surface area contributed by atoms with Crippen molar-refractivity contribution in [1.29, 1.82) is 0 Å². The predicted molar refractivity (Wildman–Crippen MR) is 95.7 cm³/mol. The Morgan fingerprint density at radius 3 is 2.50 bits per heavy atom. The summed E-state index contributed by atoms with van der Waals surface area (Å²) in [6.07, 6.45) is 0. The third-order valence-corrected chi connectivity index (χ3v) is 4.36. The maximum absolute atomic E-state index is 12.2. The number of rotatable bonds is 7. The van der Waals surface area contributed by atoms with Crippen LogP contribution < -0.4 is 4.74 Å². The fourth-order valence-electron chi connectivity index (χ4n) is 2.31. The van der Waals surface area contributed by atoms with Gasteiger partial charge in [-0.15, -0.1) is 10.2 Å². The van der Waals surface area contributed by atoms with Crippen LogP contribution in [-0.4, -0.2) is 26.9 Å². The summed E-state index contributed by atoms with van der Waals surface area (Å²) in [4.78, 5) is 4.33. The third kappa shape index (κ3) is 4.34. The molecule has 10 heteroatoms. The van der Waals surface area contributed by atoms with E-state index in [2.05, 4.69) is 25.1 Å². The molecule has 7 nitrogen and oxygen atoms in total. The molecule has 4 rings (SSSR count). The van der Waals surface area contributed by atoms with E-state index in [0.717, 1.165) is 5.56 Å². The van der Waals surface area contributed by atoms with E-state index in [0.29, 0.717) is 28.3 Å². The van der Waals surface area contributed by atoms with Crippen LogP contribution in [0.3, 0.4) is 0 Å². The van der Waals surface area contributed by atoms with E-state index < -0.39 is 6.61 Å². The standard InChI is InChI=1S/C18H12F2N4O3S/c19-17(20)25-13-8-6-12(7-9-13)16-22-23-18(26-16)28-10-14-21-15(24-27-14)11-4-2-1-3-5-11/h1-9,17H,10H2. The molecule has 0 unspecified atom stereocenters. The molecule has 2 aromatic carbocycles. The van der Waals surface area contributed by atoms with Gasteiger partial charge in [-0.25, -0.2) is 0 Å². The summed E-state index contributed by atoms with van der Waals surface area (Å²) in [6, 6.07) is 15.4. The minimum atomic E-state index is -2.87. The highest BCUT2D eigenvalue weighted by Crippen LogP contribution is 2.27. The van der Waals surface area contributed by atoms with Crippen molar-refractivity contribution in [3.63, 3.8) is 0 Å². The Hall–Kier alpha value is -3.27. The van der Waals surface area contributed by atoms with Crippen molar-refractivity contribution in [3.05, 3.63) is 60.5 Å². The number of thioether (sulfide) groups is 1. The number of nitrogens with zero attached hydrogens (tertiary/aromatic N) is 4. The first-order valence-electron chi connectivity index (χ1n) is 8.07. The minimum absolute atomic E-state index is 0.0541. The average molecular weight is 402 g/mol. The molecule has 0 amide bonds. The second-order valence-corrected chi connectivity index (χ2v) is 6.37. The highest BCUT2D eigenvalue weighted by Gasteiger charge is 2.13. The first kappa shape index (κ1) is 18.1. The number of benzene rings is 2. The van der Waals surface area contributed by atoms with Crippen molar-refractivity contribution in [1.82, 2.24) is 20.3 Å². The Balaban J connectivity index is 1.38. The zero-order chi connectivity index (χ0) is 19.3. The van der Waals surface area contributed by atoms with Gasteiger partial charge in [0, 0.05) is 11.1 Å². The zero-order valence-electron chi connectivity index (χ0n) is 14.2. The number of ether oxygens (including phenoxy) is 1. The van der Waals surface area contributed by atoms with Gasteiger partial charge in [-0.3, -0.25) is 0 Å². The van der Waals surface area contributed by atoms with Crippen LogP contribution in [0.5, 0.6) is 5.75 Å². The minimum Gasteiger partial charge on any atom is -0.435 e. The zero-order valence-corrected chi connectivity index (χ0v) is 15.0. The van der Waals surface area contributed by atoms with Gasteiger partial charge in [0.05, 0.1) is 5.75 Å².